The average molecular weight is 257 g/mol. The van der Waals surface area contributed by atoms with Crippen molar-refractivity contribution in [3.63, 3.8) is 0 Å². The van der Waals surface area contributed by atoms with Crippen LogP contribution in [0.3, 0.4) is 0 Å². The first-order valence-electron chi connectivity index (χ1n) is 4.55. The van der Waals surface area contributed by atoms with Crippen molar-refractivity contribution in [1.82, 2.24) is 0 Å². The van der Waals surface area contributed by atoms with Gasteiger partial charge in [0.05, 0.1) is 4.47 Å². The second kappa shape index (κ2) is 3.46. The van der Waals surface area contributed by atoms with Crippen LogP contribution in [0.2, 0.25) is 0 Å². The summed E-state index contributed by atoms with van der Waals surface area (Å²) in [4.78, 5) is 11.1. The van der Waals surface area contributed by atoms with Crippen LogP contribution in [0.15, 0.2) is 22.7 Å². The maximum Gasteiger partial charge on any atom is 0.140 e. The van der Waals surface area contributed by atoms with Crippen molar-refractivity contribution in [2.75, 3.05) is 0 Å². The van der Waals surface area contributed by atoms with Crippen molar-refractivity contribution < 1.29 is 9.18 Å². The number of hydrogen-bond acceptors (Lipinski definition) is 1. The maximum absolute atomic E-state index is 13.6. The first-order valence-corrected chi connectivity index (χ1v) is 5.35. The summed E-state index contributed by atoms with van der Waals surface area (Å²) in [6.45, 7) is 1.57. The molecule has 74 valence electrons. The Hall–Kier alpha value is -0.700. The van der Waals surface area contributed by atoms with Crippen molar-refractivity contribution in [3.8, 4) is 0 Å². The Balaban J connectivity index is 2.27. The van der Waals surface area contributed by atoms with Gasteiger partial charge in [-0.2, -0.15) is 0 Å². The number of halogens is 2. The van der Waals surface area contributed by atoms with Gasteiger partial charge in [0.2, 0.25) is 0 Å². The Labute approximate surface area is 90.4 Å². The van der Waals surface area contributed by atoms with E-state index >= 15 is 0 Å². The van der Waals surface area contributed by atoms with Crippen LogP contribution in [-0.2, 0) is 4.79 Å². The number of Topliss-reactive ketones (excluding diaryl/α,β-unsaturated/α-hetero) is 1. The molecule has 3 heteroatoms. The zero-order chi connectivity index (χ0) is 10.3. The number of rotatable bonds is 2. The molecular weight excluding hydrogens is 247 g/mol. The molecule has 0 heterocycles. The van der Waals surface area contributed by atoms with Gasteiger partial charge >= 0.3 is 0 Å². The number of ketones is 1. The van der Waals surface area contributed by atoms with E-state index in [0.717, 1.165) is 6.42 Å². The van der Waals surface area contributed by atoms with Gasteiger partial charge < -0.3 is 0 Å². The van der Waals surface area contributed by atoms with Gasteiger partial charge in [-0.05, 0) is 46.8 Å². The fourth-order valence-electron chi connectivity index (χ4n) is 1.79. The topological polar surface area (TPSA) is 17.1 Å². The molecule has 1 nitrogen and oxygen atoms in total. The molecular formula is C11H10BrFO. The highest BCUT2D eigenvalue weighted by Crippen LogP contribution is 2.49. The summed E-state index contributed by atoms with van der Waals surface area (Å²) >= 11 is 3.14. The number of benzene rings is 1. The molecule has 14 heavy (non-hydrogen) atoms. The van der Waals surface area contributed by atoms with Crippen LogP contribution in [0.4, 0.5) is 4.39 Å². The molecule has 0 amide bonds. The summed E-state index contributed by atoms with van der Waals surface area (Å²) < 4.78 is 14.0. The molecule has 1 aliphatic rings. The van der Waals surface area contributed by atoms with Crippen LogP contribution in [0.5, 0.6) is 0 Å². The van der Waals surface area contributed by atoms with Gasteiger partial charge in [-0.3, -0.25) is 4.79 Å². The lowest BCUT2D eigenvalue weighted by molar-refractivity contribution is -0.118. The fraction of sp³-hybridized carbons (Fsp3) is 0.364. The van der Waals surface area contributed by atoms with E-state index in [4.69, 9.17) is 0 Å². The molecule has 0 N–H and O–H groups in total. The highest BCUT2D eigenvalue weighted by atomic mass is 79.9. The van der Waals surface area contributed by atoms with Crippen LogP contribution >= 0.6 is 15.9 Å². The zero-order valence-electron chi connectivity index (χ0n) is 7.76. The van der Waals surface area contributed by atoms with Crippen molar-refractivity contribution >= 4 is 21.7 Å². The largest absolute Gasteiger partial charge is 0.300 e. The Morgan fingerprint density at radius 3 is 2.86 bits per heavy atom. The molecule has 1 aliphatic carbocycles. The smallest absolute Gasteiger partial charge is 0.140 e. The number of carbonyl (C=O) groups is 1. The summed E-state index contributed by atoms with van der Waals surface area (Å²) in [5, 5.41) is 0. The molecule has 1 fully saturated rings. The second-order valence-electron chi connectivity index (χ2n) is 3.70. The quantitative estimate of drug-likeness (QED) is 0.794. The third-order valence-corrected chi connectivity index (χ3v) is 3.31. The highest BCUT2D eigenvalue weighted by Gasteiger charge is 2.43. The molecule has 0 bridgehead atoms. The molecule has 0 spiro atoms. The Bertz CT molecular complexity index is 389. The summed E-state index contributed by atoms with van der Waals surface area (Å²) in [7, 11) is 0. The summed E-state index contributed by atoms with van der Waals surface area (Å²) in [6.07, 6.45) is 0.794. The Morgan fingerprint density at radius 2 is 2.29 bits per heavy atom. The minimum Gasteiger partial charge on any atom is -0.300 e. The second-order valence-corrected chi connectivity index (χ2v) is 4.56. The standard InChI is InChI=1S/C11H10BrFO/c1-6(14)8-5-9(8)7-3-2-4-10(12)11(7)13/h2-4,8-9H,5H2,1H3. The zero-order valence-corrected chi connectivity index (χ0v) is 9.34. The van der Waals surface area contributed by atoms with Crippen LogP contribution < -0.4 is 0 Å². The fourth-order valence-corrected chi connectivity index (χ4v) is 2.18. The molecule has 1 aromatic carbocycles. The van der Waals surface area contributed by atoms with Gasteiger partial charge in [0.15, 0.2) is 0 Å². The molecule has 2 atom stereocenters. The van der Waals surface area contributed by atoms with Crippen molar-refractivity contribution in [2.45, 2.75) is 19.3 Å². The lowest BCUT2D eigenvalue weighted by atomic mass is 10.1. The van der Waals surface area contributed by atoms with Gasteiger partial charge in [-0.1, -0.05) is 12.1 Å². The molecule has 2 unspecified atom stereocenters. The van der Waals surface area contributed by atoms with E-state index < -0.39 is 0 Å². The van der Waals surface area contributed by atoms with E-state index in [-0.39, 0.29) is 23.4 Å². The first kappa shape index (κ1) is 9.84. The van der Waals surface area contributed by atoms with Crippen LogP contribution in [-0.4, -0.2) is 5.78 Å². The van der Waals surface area contributed by atoms with E-state index in [1.54, 1.807) is 25.1 Å². The normalized spacial score (nSPS) is 24.8. The third-order valence-electron chi connectivity index (χ3n) is 2.69. The van der Waals surface area contributed by atoms with E-state index in [9.17, 15) is 9.18 Å². The highest BCUT2D eigenvalue weighted by molar-refractivity contribution is 9.10. The van der Waals surface area contributed by atoms with E-state index in [2.05, 4.69) is 15.9 Å². The first-order chi connectivity index (χ1) is 6.61. The van der Waals surface area contributed by atoms with Gasteiger partial charge in [0, 0.05) is 5.92 Å². The molecule has 1 aromatic rings. The van der Waals surface area contributed by atoms with Crippen molar-refractivity contribution in [2.24, 2.45) is 5.92 Å². The maximum atomic E-state index is 13.6. The molecule has 0 radical (unpaired) electrons. The predicted molar refractivity (Wildman–Crippen MR) is 55.6 cm³/mol. The number of hydrogen-bond donors (Lipinski definition) is 0. The molecule has 0 aliphatic heterocycles. The lowest BCUT2D eigenvalue weighted by Crippen LogP contribution is -1.96. The Kier molecular flexibility index (Phi) is 2.43. The van der Waals surface area contributed by atoms with E-state index in [0.29, 0.717) is 10.0 Å². The van der Waals surface area contributed by atoms with Crippen LogP contribution in [0.1, 0.15) is 24.8 Å². The van der Waals surface area contributed by atoms with Gasteiger partial charge in [0.25, 0.3) is 0 Å². The van der Waals surface area contributed by atoms with E-state index in [1.165, 1.54) is 0 Å². The molecule has 2 rings (SSSR count). The molecule has 0 saturated heterocycles. The molecule has 0 aromatic heterocycles. The predicted octanol–water partition coefficient (Wildman–Crippen LogP) is 3.28. The van der Waals surface area contributed by atoms with Crippen molar-refractivity contribution in [3.05, 3.63) is 34.1 Å². The van der Waals surface area contributed by atoms with Crippen LogP contribution in [0.25, 0.3) is 0 Å². The SMILES string of the molecule is CC(=O)C1CC1c1cccc(Br)c1F. The summed E-state index contributed by atoms with van der Waals surface area (Å²) in [6, 6.07) is 5.23. The van der Waals surface area contributed by atoms with Gasteiger partial charge in [0.1, 0.15) is 11.6 Å². The lowest BCUT2D eigenvalue weighted by Gasteiger charge is -2.02. The van der Waals surface area contributed by atoms with Gasteiger partial charge in [-0.25, -0.2) is 4.39 Å². The average Bonchev–Trinajstić information content (AvgIpc) is 2.89. The van der Waals surface area contributed by atoms with Crippen LogP contribution in [0, 0.1) is 11.7 Å². The summed E-state index contributed by atoms with van der Waals surface area (Å²) in [5.41, 5.74) is 0.666. The summed E-state index contributed by atoms with van der Waals surface area (Å²) in [5.74, 6) is 0.0828. The number of carbonyl (C=O) groups excluding carboxylic acids is 1. The Morgan fingerprint density at radius 1 is 1.57 bits per heavy atom. The minimum absolute atomic E-state index is 0.0406. The van der Waals surface area contributed by atoms with Crippen molar-refractivity contribution in [1.29, 1.82) is 0 Å². The third kappa shape index (κ3) is 1.61. The van der Waals surface area contributed by atoms with Gasteiger partial charge in [-0.15, -0.1) is 0 Å². The van der Waals surface area contributed by atoms with E-state index in [1.807, 2.05) is 0 Å². The molecule has 1 saturated carbocycles. The monoisotopic (exact) mass is 256 g/mol. The minimum atomic E-state index is -0.221.